The molecule has 0 atom stereocenters. The molecule has 0 aliphatic heterocycles. The Hall–Kier alpha value is -2.28. The normalized spacial score (nSPS) is 10.4. The molecule has 1 aromatic heterocycles. The molecule has 0 aliphatic rings. The highest BCUT2D eigenvalue weighted by molar-refractivity contribution is 7.14. The molecule has 25 heavy (non-hydrogen) atoms. The Bertz CT molecular complexity index is 914. The van der Waals surface area contributed by atoms with Crippen molar-refractivity contribution in [3.05, 3.63) is 57.9 Å². The van der Waals surface area contributed by atoms with Crippen molar-refractivity contribution in [3.8, 4) is 17.0 Å². The molecule has 0 saturated carbocycles. The maximum absolute atomic E-state index is 12.2. The second-order valence-corrected chi connectivity index (χ2v) is 6.64. The van der Waals surface area contributed by atoms with Crippen molar-refractivity contribution >= 4 is 51.4 Å². The molecule has 0 aliphatic carbocycles. The van der Waals surface area contributed by atoms with Crippen molar-refractivity contribution in [2.45, 2.75) is 0 Å². The van der Waals surface area contributed by atoms with Crippen LogP contribution in [0.5, 0.6) is 5.75 Å². The first-order valence-electron chi connectivity index (χ1n) is 7.19. The topological polar surface area (TPSA) is 63.2 Å². The number of carbonyl (C=O) groups is 1. The first-order chi connectivity index (χ1) is 12.1. The van der Waals surface area contributed by atoms with Gasteiger partial charge in [0.1, 0.15) is 5.75 Å². The lowest BCUT2D eigenvalue weighted by Gasteiger charge is -2.09. The fourth-order valence-electron chi connectivity index (χ4n) is 2.15. The molecule has 2 aromatic carbocycles. The SMILES string of the molecule is COc1ccccc1NC(=O)Nc1nc(-c2cc(Cl)ccc2Cl)cs1. The molecule has 0 bridgehead atoms. The molecule has 0 saturated heterocycles. The minimum atomic E-state index is -0.414. The number of anilines is 2. The Balaban J connectivity index is 1.73. The number of benzene rings is 2. The van der Waals surface area contributed by atoms with Gasteiger partial charge in [-0.2, -0.15) is 0 Å². The van der Waals surface area contributed by atoms with Crippen LogP contribution in [0.25, 0.3) is 11.3 Å². The highest BCUT2D eigenvalue weighted by Crippen LogP contribution is 2.32. The van der Waals surface area contributed by atoms with Crippen molar-refractivity contribution in [1.29, 1.82) is 0 Å². The number of thiazole rings is 1. The van der Waals surface area contributed by atoms with Crippen LogP contribution in [0.1, 0.15) is 0 Å². The van der Waals surface area contributed by atoms with Crippen LogP contribution in [0.2, 0.25) is 10.0 Å². The highest BCUT2D eigenvalue weighted by atomic mass is 35.5. The summed E-state index contributed by atoms with van der Waals surface area (Å²) in [7, 11) is 1.54. The number of nitrogens with one attached hydrogen (secondary N) is 2. The Morgan fingerprint density at radius 3 is 2.76 bits per heavy atom. The van der Waals surface area contributed by atoms with Crippen LogP contribution in [-0.4, -0.2) is 18.1 Å². The third-order valence-electron chi connectivity index (χ3n) is 3.28. The van der Waals surface area contributed by atoms with Crippen LogP contribution in [0, 0.1) is 0 Å². The summed E-state index contributed by atoms with van der Waals surface area (Å²) < 4.78 is 5.20. The van der Waals surface area contributed by atoms with E-state index in [2.05, 4.69) is 15.6 Å². The standard InChI is InChI=1S/C17H13Cl2N3O2S/c1-24-15-5-3-2-4-13(15)20-16(23)22-17-21-14(9-25-17)11-8-10(18)6-7-12(11)19/h2-9H,1H3,(H2,20,21,22,23). The van der Waals surface area contributed by atoms with Gasteiger partial charge in [0.2, 0.25) is 0 Å². The van der Waals surface area contributed by atoms with E-state index < -0.39 is 6.03 Å². The summed E-state index contributed by atoms with van der Waals surface area (Å²) in [4.78, 5) is 16.5. The summed E-state index contributed by atoms with van der Waals surface area (Å²) in [5.41, 5.74) is 1.92. The molecule has 128 valence electrons. The Labute approximate surface area is 158 Å². The fraction of sp³-hybridized carbons (Fsp3) is 0.0588. The second kappa shape index (κ2) is 7.74. The van der Waals surface area contributed by atoms with Crippen LogP contribution in [0.3, 0.4) is 0 Å². The molecule has 0 radical (unpaired) electrons. The number of methoxy groups -OCH3 is 1. The average Bonchev–Trinajstić information content (AvgIpc) is 3.05. The van der Waals surface area contributed by atoms with Gasteiger partial charge in [0, 0.05) is 16.0 Å². The summed E-state index contributed by atoms with van der Waals surface area (Å²) in [6.45, 7) is 0. The number of hydrogen-bond donors (Lipinski definition) is 2. The van der Waals surface area contributed by atoms with E-state index in [0.717, 1.165) is 0 Å². The first kappa shape index (κ1) is 17.5. The maximum Gasteiger partial charge on any atom is 0.325 e. The predicted octanol–water partition coefficient (Wildman–Crippen LogP) is 5.77. The third-order valence-corrected chi connectivity index (χ3v) is 4.61. The monoisotopic (exact) mass is 393 g/mol. The number of carbonyl (C=O) groups excluding carboxylic acids is 1. The van der Waals surface area contributed by atoms with Crippen LogP contribution in [0.4, 0.5) is 15.6 Å². The Morgan fingerprint density at radius 1 is 1.16 bits per heavy atom. The smallest absolute Gasteiger partial charge is 0.325 e. The minimum Gasteiger partial charge on any atom is -0.495 e. The molecule has 0 fully saturated rings. The van der Waals surface area contributed by atoms with Crippen molar-refractivity contribution in [2.24, 2.45) is 0 Å². The lowest BCUT2D eigenvalue weighted by atomic mass is 10.2. The number of ether oxygens (including phenoxy) is 1. The van der Waals surface area contributed by atoms with Crippen molar-refractivity contribution in [3.63, 3.8) is 0 Å². The number of para-hydroxylation sites is 2. The van der Waals surface area contributed by atoms with E-state index in [1.54, 1.807) is 48.9 Å². The number of hydrogen-bond acceptors (Lipinski definition) is 4. The number of amides is 2. The van der Waals surface area contributed by atoms with Gasteiger partial charge in [0.05, 0.1) is 23.5 Å². The van der Waals surface area contributed by atoms with Gasteiger partial charge in [-0.25, -0.2) is 9.78 Å². The lowest BCUT2D eigenvalue weighted by molar-refractivity contribution is 0.262. The number of rotatable bonds is 4. The number of urea groups is 1. The van der Waals surface area contributed by atoms with Crippen LogP contribution in [-0.2, 0) is 0 Å². The van der Waals surface area contributed by atoms with E-state index in [0.29, 0.717) is 37.9 Å². The lowest BCUT2D eigenvalue weighted by Crippen LogP contribution is -2.19. The summed E-state index contributed by atoms with van der Waals surface area (Å²) in [5.74, 6) is 0.572. The van der Waals surface area contributed by atoms with E-state index in [1.807, 2.05) is 6.07 Å². The zero-order valence-electron chi connectivity index (χ0n) is 13.0. The Morgan fingerprint density at radius 2 is 1.96 bits per heavy atom. The van der Waals surface area contributed by atoms with Crippen molar-refractivity contribution in [1.82, 2.24) is 4.98 Å². The van der Waals surface area contributed by atoms with E-state index in [4.69, 9.17) is 27.9 Å². The molecule has 3 rings (SSSR count). The molecule has 2 amide bonds. The number of aromatic nitrogens is 1. The van der Waals surface area contributed by atoms with Gasteiger partial charge in [-0.05, 0) is 30.3 Å². The average molecular weight is 394 g/mol. The van der Waals surface area contributed by atoms with E-state index in [1.165, 1.54) is 11.3 Å². The van der Waals surface area contributed by atoms with Gasteiger partial charge >= 0.3 is 6.03 Å². The van der Waals surface area contributed by atoms with Gasteiger partial charge in [-0.1, -0.05) is 35.3 Å². The van der Waals surface area contributed by atoms with E-state index in [9.17, 15) is 4.79 Å². The number of halogens is 2. The Kier molecular flexibility index (Phi) is 5.43. The molecule has 2 N–H and O–H groups in total. The van der Waals surface area contributed by atoms with E-state index >= 15 is 0 Å². The van der Waals surface area contributed by atoms with Crippen molar-refractivity contribution in [2.75, 3.05) is 17.7 Å². The quantitative estimate of drug-likeness (QED) is 0.591. The number of nitrogens with zero attached hydrogens (tertiary/aromatic N) is 1. The predicted molar refractivity (Wildman–Crippen MR) is 103 cm³/mol. The van der Waals surface area contributed by atoms with Crippen LogP contribution < -0.4 is 15.4 Å². The summed E-state index contributed by atoms with van der Waals surface area (Å²) in [6.07, 6.45) is 0. The van der Waals surface area contributed by atoms with E-state index in [-0.39, 0.29) is 0 Å². The van der Waals surface area contributed by atoms with Gasteiger partial charge in [0.25, 0.3) is 0 Å². The van der Waals surface area contributed by atoms with Gasteiger partial charge < -0.3 is 10.1 Å². The second-order valence-electron chi connectivity index (χ2n) is 4.94. The molecular formula is C17H13Cl2N3O2S. The largest absolute Gasteiger partial charge is 0.495 e. The van der Waals surface area contributed by atoms with Crippen LogP contribution >= 0.6 is 34.5 Å². The van der Waals surface area contributed by atoms with Gasteiger partial charge in [-0.3, -0.25) is 5.32 Å². The molecule has 3 aromatic rings. The molecule has 0 unspecified atom stereocenters. The summed E-state index contributed by atoms with van der Waals surface area (Å²) in [6, 6.07) is 11.9. The van der Waals surface area contributed by atoms with Gasteiger partial charge in [0.15, 0.2) is 5.13 Å². The zero-order valence-corrected chi connectivity index (χ0v) is 15.4. The first-order valence-corrected chi connectivity index (χ1v) is 8.82. The fourth-order valence-corrected chi connectivity index (χ4v) is 3.24. The molecule has 8 heteroatoms. The molecule has 0 spiro atoms. The third kappa shape index (κ3) is 4.22. The summed E-state index contributed by atoms with van der Waals surface area (Å²) >= 11 is 13.5. The zero-order chi connectivity index (χ0) is 17.8. The summed E-state index contributed by atoms with van der Waals surface area (Å²) in [5, 5.41) is 8.77. The van der Waals surface area contributed by atoms with Crippen molar-refractivity contribution < 1.29 is 9.53 Å². The molecular weight excluding hydrogens is 381 g/mol. The maximum atomic E-state index is 12.2. The minimum absolute atomic E-state index is 0.414. The molecule has 5 nitrogen and oxygen atoms in total. The highest BCUT2D eigenvalue weighted by Gasteiger charge is 2.12. The van der Waals surface area contributed by atoms with Crippen LogP contribution in [0.15, 0.2) is 47.8 Å². The molecule has 1 heterocycles. The van der Waals surface area contributed by atoms with Gasteiger partial charge in [-0.15, -0.1) is 11.3 Å².